The van der Waals surface area contributed by atoms with Crippen LogP contribution in [0.15, 0.2) is 18.2 Å². The minimum Gasteiger partial charge on any atom is -0.352 e. The Labute approximate surface area is 138 Å². The number of benzene rings is 1. The van der Waals surface area contributed by atoms with Gasteiger partial charge in [-0.2, -0.15) is 0 Å². The molecule has 0 fully saturated rings. The van der Waals surface area contributed by atoms with Gasteiger partial charge in [-0.1, -0.05) is 33.1 Å². The third kappa shape index (κ3) is 5.61. The summed E-state index contributed by atoms with van der Waals surface area (Å²) in [6, 6.07) is 4.30. The normalized spacial score (nSPS) is 12.0. The van der Waals surface area contributed by atoms with E-state index in [4.69, 9.17) is 0 Å². The third-order valence-electron chi connectivity index (χ3n) is 3.50. The van der Waals surface area contributed by atoms with Crippen LogP contribution in [0.1, 0.15) is 49.9 Å². The number of halogens is 1. The first kappa shape index (κ1) is 17.9. The van der Waals surface area contributed by atoms with E-state index in [0.717, 1.165) is 19.3 Å². The van der Waals surface area contributed by atoms with Crippen LogP contribution in [-0.2, 0) is 0 Å². The average molecular weight is 404 g/mol. The molecule has 1 aromatic rings. The monoisotopic (exact) mass is 404 g/mol. The average Bonchev–Trinajstić information content (AvgIpc) is 2.46. The van der Waals surface area contributed by atoms with Gasteiger partial charge < -0.3 is 5.32 Å². The Morgan fingerprint density at radius 2 is 2.14 bits per heavy atom. The summed E-state index contributed by atoms with van der Waals surface area (Å²) >= 11 is 1.96. The highest BCUT2D eigenvalue weighted by atomic mass is 127. The molecule has 0 spiro atoms. The molecule has 0 aromatic heterocycles. The molecule has 5 nitrogen and oxygen atoms in total. The SMILES string of the molecule is CCCCC(CC)CNC(=O)c1ccc([N+](=O)[O-])cc1I. The quantitative estimate of drug-likeness (QED) is 0.402. The Hall–Kier alpha value is -1.18. The summed E-state index contributed by atoms with van der Waals surface area (Å²) in [6.07, 6.45) is 4.48. The van der Waals surface area contributed by atoms with Crippen molar-refractivity contribution in [2.75, 3.05) is 6.54 Å². The van der Waals surface area contributed by atoms with Crippen molar-refractivity contribution in [1.29, 1.82) is 0 Å². The molecule has 1 unspecified atom stereocenters. The topological polar surface area (TPSA) is 72.2 Å². The number of unbranched alkanes of at least 4 members (excludes halogenated alkanes) is 1. The number of rotatable bonds is 8. The number of hydrogen-bond acceptors (Lipinski definition) is 3. The zero-order valence-electron chi connectivity index (χ0n) is 12.4. The molecular weight excluding hydrogens is 383 g/mol. The van der Waals surface area contributed by atoms with Crippen LogP contribution >= 0.6 is 22.6 Å². The zero-order chi connectivity index (χ0) is 15.8. The van der Waals surface area contributed by atoms with E-state index in [9.17, 15) is 14.9 Å². The Kier molecular flexibility index (Phi) is 7.63. The van der Waals surface area contributed by atoms with Crippen LogP contribution in [0.25, 0.3) is 0 Å². The fourth-order valence-corrected chi connectivity index (χ4v) is 2.82. The molecule has 1 N–H and O–H groups in total. The van der Waals surface area contributed by atoms with E-state index in [1.54, 1.807) is 0 Å². The van der Waals surface area contributed by atoms with Gasteiger partial charge in [0.1, 0.15) is 0 Å². The second-order valence-corrected chi connectivity index (χ2v) is 6.21. The second kappa shape index (κ2) is 8.96. The lowest BCUT2D eigenvalue weighted by Gasteiger charge is -2.15. The van der Waals surface area contributed by atoms with Crippen LogP contribution in [0.4, 0.5) is 5.69 Å². The maximum absolute atomic E-state index is 12.2. The van der Waals surface area contributed by atoms with Crippen molar-refractivity contribution in [3.8, 4) is 0 Å². The number of nitrogens with zero attached hydrogens (tertiary/aromatic N) is 1. The summed E-state index contributed by atoms with van der Waals surface area (Å²) < 4.78 is 0.598. The van der Waals surface area contributed by atoms with Crippen LogP contribution in [-0.4, -0.2) is 17.4 Å². The van der Waals surface area contributed by atoms with Gasteiger partial charge in [-0.3, -0.25) is 14.9 Å². The van der Waals surface area contributed by atoms with Crippen molar-refractivity contribution < 1.29 is 9.72 Å². The molecule has 1 aromatic carbocycles. The summed E-state index contributed by atoms with van der Waals surface area (Å²) in [5.74, 6) is 0.328. The van der Waals surface area contributed by atoms with Crippen LogP contribution < -0.4 is 5.32 Å². The van der Waals surface area contributed by atoms with Crippen molar-refractivity contribution in [1.82, 2.24) is 5.32 Å². The molecule has 0 bridgehead atoms. The fraction of sp³-hybridized carbons (Fsp3) is 0.533. The molecule has 1 amide bonds. The maximum Gasteiger partial charge on any atom is 0.270 e. The second-order valence-electron chi connectivity index (χ2n) is 5.05. The van der Waals surface area contributed by atoms with Crippen LogP contribution in [0.2, 0.25) is 0 Å². The van der Waals surface area contributed by atoms with E-state index in [2.05, 4.69) is 19.2 Å². The van der Waals surface area contributed by atoms with E-state index < -0.39 is 4.92 Å². The van der Waals surface area contributed by atoms with Gasteiger partial charge in [-0.15, -0.1) is 0 Å². The maximum atomic E-state index is 12.2. The Morgan fingerprint density at radius 1 is 1.43 bits per heavy atom. The van der Waals surface area contributed by atoms with Crippen molar-refractivity contribution in [2.45, 2.75) is 39.5 Å². The molecular formula is C15H21IN2O3. The van der Waals surface area contributed by atoms with Crippen molar-refractivity contribution in [3.05, 3.63) is 37.4 Å². The number of carbonyl (C=O) groups excluding carboxylic acids is 1. The highest BCUT2D eigenvalue weighted by Gasteiger charge is 2.15. The number of nitro benzene ring substituents is 1. The van der Waals surface area contributed by atoms with Gasteiger partial charge in [0.25, 0.3) is 11.6 Å². The third-order valence-corrected chi connectivity index (χ3v) is 4.40. The molecule has 1 atom stereocenters. The molecule has 0 aliphatic heterocycles. The van der Waals surface area contributed by atoms with Crippen LogP contribution in [0.3, 0.4) is 0 Å². The zero-order valence-corrected chi connectivity index (χ0v) is 14.6. The number of amides is 1. The predicted octanol–water partition coefficient (Wildman–Crippen LogP) is 4.15. The molecule has 0 saturated carbocycles. The van der Waals surface area contributed by atoms with Crippen molar-refractivity contribution in [2.24, 2.45) is 5.92 Å². The summed E-state index contributed by atoms with van der Waals surface area (Å²) in [4.78, 5) is 22.4. The lowest BCUT2D eigenvalue weighted by Crippen LogP contribution is -2.29. The van der Waals surface area contributed by atoms with E-state index >= 15 is 0 Å². The summed E-state index contributed by atoms with van der Waals surface area (Å²) in [5.41, 5.74) is 0.497. The minimum atomic E-state index is -0.457. The Bertz CT molecular complexity index is 506. The van der Waals surface area contributed by atoms with E-state index in [-0.39, 0.29) is 11.6 Å². The van der Waals surface area contributed by atoms with Gasteiger partial charge in [0.2, 0.25) is 0 Å². The molecule has 21 heavy (non-hydrogen) atoms. The van der Waals surface area contributed by atoms with Gasteiger partial charge >= 0.3 is 0 Å². The lowest BCUT2D eigenvalue weighted by molar-refractivity contribution is -0.384. The fourth-order valence-electron chi connectivity index (χ4n) is 2.08. The molecule has 0 heterocycles. The Morgan fingerprint density at radius 3 is 2.67 bits per heavy atom. The van der Waals surface area contributed by atoms with E-state index in [1.165, 1.54) is 24.6 Å². The highest BCUT2D eigenvalue weighted by Crippen LogP contribution is 2.20. The molecule has 0 radical (unpaired) electrons. The standard InChI is InChI=1S/C15H21IN2O3/c1-3-5-6-11(4-2)10-17-15(19)13-8-7-12(18(20)21)9-14(13)16/h7-9,11H,3-6,10H2,1-2H3,(H,17,19). The van der Waals surface area contributed by atoms with Gasteiger partial charge in [0, 0.05) is 22.2 Å². The van der Waals surface area contributed by atoms with Gasteiger partial charge in [0.15, 0.2) is 0 Å². The highest BCUT2D eigenvalue weighted by molar-refractivity contribution is 14.1. The lowest BCUT2D eigenvalue weighted by atomic mass is 9.99. The van der Waals surface area contributed by atoms with E-state index in [1.807, 2.05) is 22.6 Å². The first-order valence-electron chi connectivity index (χ1n) is 7.21. The number of non-ortho nitro benzene ring substituents is 1. The van der Waals surface area contributed by atoms with E-state index in [0.29, 0.717) is 21.6 Å². The molecule has 1 rings (SSSR count). The molecule has 0 saturated heterocycles. The smallest absolute Gasteiger partial charge is 0.270 e. The largest absolute Gasteiger partial charge is 0.352 e. The number of hydrogen-bond donors (Lipinski definition) is 1. The Balaban J connectivity index is 2.65. The first-order valence-corrected chi connectivity index (χ1v) is 8.29. The number of nitrogens with one attached hydrogen (secondary N) is 1. The molecule has 0 aliphatic rings. The van der Waals surface area contributed by atoms with Crippen LogP contribution in [0, 0.1) is 19.6 Å². The summed E-state index contributed by atoms with van der Waals surface area (Å²) in [7, 11) is 0. The minimum absolute atomic E-state index is 0.00494. The first-order chi connectivity index (χ1) is 9.99. The van der Waals surface area contributed by atoms with Crippen LogP contribution in [0.5, 0.6) is 0 Å². The van der Waals surface area contributed by atoms with Crippen molar-refractivity contribution >= 4 is 34.2 Å². The molecule has 0 aliphatic carbocycles. The summed E-state index contributed by atoms with van der Waals surface area (Å²) in [5, 5.41) is 13.6. The number of carbonyl (C=O) groups is 1. The van der Waals surface area contributed by atoms with Gasteiger partial charge in [-0.25, -0.2) is 0 Å². The molecule has 6 heteroatoms. The number of nitro groups is 1. The van der Waals surface area contributed by atoms with Gasteiger partial charge in [-0.05, 0) is 41.0 Å². The van der Waals surface area contributed by atoms with Crippen molar-refractivity contribution in [3.63, 3.8) is 0 Å². The summed E-state index contributed by atoms with van der Waals surface area (Å²) in [6.45, 7) is 4.94. The predicted molar refractivity (Wildman–Crippen MR) is 91.5 cm³/mol. The molecule has 116 valence electrons. The van der Waals surface area contributed by atoms with Gasteiger partial charge in [0.05, 0.1) is 10.5 Å².